The van der Waals surface area contributed by atoms with Crippen LogP contribution < -0.4 is 5.32 Å². The van der Waals surface area contributed by atoms with Crippen molar-refractivity contribution < 1.29 is 9.21 Å². The smallest absolute Gasteiger partial charge is 0.289 e. The third-order valence-corrected chi connectivity index (χ3v) is 5.58. The van der Waals surface area contributed by atoms with Crippen LogP contribution in [0.5, 0.6) is 0 Å². The van der Waals surface area contributed by atoms with E-state index in [0.29, 0.717) is 11.8 Å². The lowest BCUT2D eigenvalue weighted by atomic mass is 10.1. The van der Waals surface area contributed by atoms with Crippen molar-refractivity contribution in [3.05, 3.63) is 47.7 Å². The maximum Gasteiger partial charge on any atom is 0.289 e. The molecular weight excluding hydrogens is 362 g/mol. The van der Waals surface area contributed by atoms with Crippen LogP contribution in [0.25, 0.3) is 11.3 Å². The van der Waals surface area contributed by atoms with E-state index in [4.69, 9.17) is 4.42 Å². The minimum absolute atomic E-state index is 0. The summed E-state index contributed by atoms with van der Waals surface area (Å²) >= 11 is 0. The molecule has 1 N–H and O–H groups in total. The zero-order valence-electron chi connectivity index (χ0n) is 15.8. The number of nitrogens with zero attached hydrogens (tertiary/aromatic N) is 2. The molecule has 1 aromatic heterocycles. The summed E-state index contributed by atoms with van der Waals surface area (Å²) in [5.41, 5.74) is 2.31. The molecule has 0 saturated carbocycles. The van der Waals surface area contributed by atoms with E-state index in [2.05, 4.69) is 41.4 Å². The average Bonchev–Trinajstić information content (AvgIpc) is 3.38. The summed E-state index contributed by atoms with van der Waals surface area (Å²) in [6, 6.07) is 12.5. The Morgan fingerprint density at radius 2 is 1.85 bits per heavy atom. The van der Waals surface area contributed by atoms with Gasteiger partial charge in [-0.3, -0.25) is 9.69 Å². The number of carbonyl (C=O) groups excluding carboxylic acids is 1. The van der Waals surface area contributed by atoms with Crippen molar-refractivity contribution >= 4 is 18.3 Å². The normalized spacial score (nSPS) is 20.5. The van der Waals surface area contributed by atoms with E-state index in [-0.39, 0.29) is 18.3 Å². The first kappa shape index (κ1) is 19.9. The number of hydrogen-bond acceptors (Lipinski definition) is 4. The third kappa shape index (κ3) is 4.37. The van der Waals surface area contributed by atoms with Crippen molar-refractivity contribution in [2.75, 3.05) is 39.3 Å². The number of benzene rings is 1. The number of hydrogen-bond donors (Lipinski definition) is 1. The molecule has 0 radical (unpaired) electrons. The van der Waals surface area contributed by atoms with Crippen LogP contribution >= 0.6 is 12.4 Å². The summed E-state index contributed by atoms with van der Waals surface area (Å²) in [6.45, 7) is 8.00. The van der Waals surface area contributed by atoms with Gasteiger partial charge in [0, 0.05) is 50.9 Å². The minimum atomic E-state index is 0. The quantitative estimate of drug-likeness (QED) is 0.873. The van der Waals surface area contributed by atoms with Gasteiger partial charge >= 0.3 is 0 Å². The Hall–Kier alpha value is -1.82. The minimum Gasteiger partial charge on any atom is -0.451 e. The second kappa shape index (κ2) is 8.91. The molecule has 2 aromatic rings. The Bertz CT molecular complexity index is 753. The van der Waals surface area contributed by atoms with Gasteiger partial charge in [-0.25, -0.2) is 0 Å². The first-order valence-electron chi connectivity index (χ1n) is 9.68. The van der Waals surface area contributed by atoms with Crippen LogP contribution in [0, 0.1) is 0 Å². The molecule has 2 aliphatic rings. The zero-order chi connectivity index (χ0) is 17.9. The van der Waals surface area contributed by atoms with Gasteiger partial charge < -0.3 is 14.6 Å². The number of aryl methyl sites for hydroxylation is 1. The van der Waals surface area contributed by atoms with Crippen LogP contribution in [0.3, 0.4) is 0 Å². The molecule has 0 aliphatic carbocycles. The molecule has 6 heteroatoms. The topological polar surface area (TPSA) is 48.7 Å². The molecule has 5 nitrogen and oxygen atoms in total. The number of amides is 1. The SMILES string of the molecule is CCc1ccc(-c2ccc(C(=O)N3CCC(N4CCNCC4)C3)o2)cc1.Cl. The zero-order valence-corrected chi connectivity index (χ0v) is 16.6. The number of nitrogens with one attached hydrogen (secondary N) is 1. The monoisotopic (exact) mass is 389 g/mol. The summed E-state index contributed by atoms with van der Waals surface area (Å²) in [7, 11) is 0. The number of piperazine rings is 1. The second-order valence-electron chi connectivity index (χ2n) is 7.19. The van der Waals surface area contributed by atoms with Crippen molar-refractivity contribution in [2.45, 2.75) is 25.8 Å². The predicted molar refractivity (Wildman–Crippen MR) is 110 cm³/mol. The summed E-state index contributed by atoms with van der Waals surface area (Å²) in [5.74, 6) is 1.22. The van der Waals surface area contributed by atoms with Crippen LogP contribution in [0.1, 0.15) is 29.5 Å². The molecule has 27 heavy (non-hydrogen) atoms. The van der Waals surface area contributed by atoms with Gasteiger partial charge in [0.2, 0.25) is 0 Å². The van der Waals surface area contributed by atoms with E-state index >= 15 is 0 Å². The molecule has 0 bridgehead atoms. The van der Waals surface area contributed by atoms with Crippen molar-refractivity contribution in [3.8, 4) is 11.3 Å². The molecule has 2 fully saturated rings. The lowest BCUT2D eigenvalue weighted by Gasteiger charge is -2.32. The Kier molecular flexibility index (Phi) is 6.58. The Morgan fingerprint density at radius 1 is 1.11 bits per heavy atom. The van der Waals surface area contributed by atoms with Gasteiger partial charge in [-0.15, -0.1) is 12.4 Å². The Balaban J connectivity index is 0.00000210. The average molecular weight is 390 g/mol. The highest BCUT2D eigenvalue weighted by Gasteiger charge is 2.32. The standard InChI is InChI=1S/C21H27N3O2.ClH/c1-2-16-3-5-17(6-4-16)19-7-8-20(26-19)21(25)24-12-9-18(15-24)23-13-10-22-11-14-23;/h3-8,18,22H,2,9-15H2,1H3;1H. The van der Waals surface area contributed by atoms with E-state index in [1.165, 1.54) is 5.56 Å². The fourth-order valence-electron chi connectivity index (χ4n) is 3.94. The van der Waals surface area contributed by atoms with Crippen molar-refractivity contribution in [1.29, 1.82) is 0 Å². The fourth-order valence-corrected chi connectivity index (χ4v) is 3.94. The number of likely N-dealkylation sites (tertiary alicyclic amines) is 1. The molecule has 0 spiro atoms. The maximum absolute atomic E-state index is 12.8. The van der Waals surface area contributed by atoms with Crippen molar-refractivity contribution in [3.63, 3.8) is 0 Å². The second-order valence-corrected chi connectivity index (χ2v) is 7.19. The molecule has 2 aliphatic heterocycles. The van der Waals surface area contributed by atoms with Gasteiger partial charge in [0.15, 0.2) is 5.76 Å². The van der Waals surface area contributed by atoms with E-state index in [1.807, 2.05) is 17.0 Å². The first-order chi connectivity index (χ1) is 12.7. The van der Waals surface area contributed by atoms with Crippen LogP contribution in [-0.2, 0) is 6.42 Å². The van der Waals surface area contributed by atoms with E-state index in [1.54, 1.807) is 0 Å². The van der Waals surface area contributed by atoms with Crippen LogP contribution in [0.2, 0.25) is 0 Å². The summed E-state index contributed by atoms with van der Waals surface area (Å²) in [6.07, 6.45) is 2.07. The molecule has 2 saturated heterocycles. The molecule has 4 rings (SSSR count). The molecule has 3 heterocycles. The van der Waals surface area contributed by atoms with Gasteiger partial charge in [0.05, 0.1) is 0 Å². The number of rotatable bonds is 4. The van der Waals surface area contributed by atoms with Gasteiger partial charge in [0.1, 0.15) is 5.76 Å². The number of carbonyl (C=O) groups is 1. The Labute approximate surface area is 167 Å². The summed E-state index contributed by atoms with van der Waals surface area (Å²) in [5, 5.41) is 3.39. The van der Waals surface area contributed by atoms with Crippen molar-refractivity contribution in [2.24, 2.45) is 0 Å². The molecule has 1 amide bonds. The third-order valence-electron chi connectivity index (χ3n) is 5.58. The molecule has 1 atom stereocenters. The molecule has 1 unspecified atom stereocenters. The maximum atomic E-state index is 12.8. The largest absolute Gasteiger partial charge is 0.451 e. The number of furan rings is 1. The van der Waals surface area contributed by atoms with E-state index in [0.717, 1.165) is 63.4 Å². The summed E-state index contributed by atoms with van der Waals surface area (Å²) < 4.78 is 5.88. The molecule has 1 aromatic carbocycles. The van der Waals surface area contributed by atoms with Gasteiger partial charge in [0.25, 0.3) is 5.91 Å². The highest BCUT2D eigenvalue weighted by atomic mass is 35.5. The van der Waals surface area contributed by atoms with Crippen LogP contribution in [0.4, 0.5) is 0 Å². The van der Waals surface area contributed by atoms with Crippen LogP contribution in [0.15, 0.2) is 40.8 Å². The lowest BCUT2D eigenvalue weighted by molar-refractivity contribution is 0.0743. The highest BCUT2D eigenvalue weighted by molar-refractivity contribution is 5.92. The fraction of sp³-hybridized carbons (Fsp3) is 0.476. The lowest BCUT2D eigenvalue weighted by Crippen LogP contribution is -2.49. The predicted octanol–water partition coefficient (Wildman–Crippen LogP) is 3.05. The van der Waals surface area contributed by atoms with Crippen molar-refractivity contribution in [1.82, 2.24) is 15.1 Å². The molecular formula is C21H28ClN3O2. The highest BCUT2D eigenvalue weighted by Crippen LogP contribution is 2.25. The molecule has 146 valence electrons. The van der Waals surface area contributed by atoms with Gasteiger partial charge in [-0.1, -0.05) is 31.2 Å². The van der Waals surface area contributed by atoms with Gasteiger partial charge in [-0.2, -0.15) is 0 Å². The Morgan fingerprint density at radius 3 is 2.56 bits per heavy atom. The van der Waals surface area contributed by atoms with Gasteiger partial charge in [-0.05, 0) is 30.5 Å². The first-order valence-corrected chi connectivity index (χ1v) is 9.68. The van der Waals surface area contributed by atoms with Crippen LogP contribution in [-0.4, -0.2) is 61.0 Å². The van der Waals surface area contributed by atoms with E-state index in [9.17, 15) is 4.79 Å². The summed E-state index contributed by atoms with van der Waals surface area (Å²) in [4.78, 5) is 17.3. The number of halogens is 1. The van der Waals surface area contributed by atoms with E-state index < -0.39 is 0 Å².